The highest BCUT2D eigenvalue weighted by atomic mass is 16.4. The lowest BCUT2D eigenvalue weighted by Gasteiger charge is -2.34. The van der Waals surface area contributed by atoms with Crippen LogP contribution in [0.2, 0.25) is 0 Å². The van der Waals surface area contributed by atoms with E-state index in [0.29, 0.717) is 0 Å². The van der Waals surface area contributed by atoms with E-state index in [1.807, 2.05) is 0 Å². The van der Waals surface area contributed by atoms with Gasteiger partial charge in [0.2, 0.25) is 0 Å². The van der Waals surface area contributed by atoms with Gasteiger partial charge in [-0.15, -0.1) is 0 Å². The van der Waals surface area contributed by atoms with Crippen molar-refractivity contribution in [3.63, 3.8) is 0 Å². The van der Waals surface area contributed by atoms with Crippen LogP contribution in [0.4, 0.5) is 0 Å². The van der Waals surface area contributed by atoms with Gasteiger partial charge in [-0.05, 0) is 26.2 Å². The van der Waals surface area contributed by atoms with Crippen LogP contribution in [0.15, 0.2) is 0 Å². The van der Waals surface area contributed by atoms with Crippen molar-refractivity contribution in [1.29, 1.82) is 0 Å². The van der Waals surface area contributed by atoms with Crippen molar-refractivity contribution >= 4 is 5.97 Å². The molecule has 3 nitrogen and oxygen atoms in total. The Labute approximate surface area is 151 Å². The van der Waals surface area contributed by atoms with Gasteiger partial charge in [0.15, 0.2) is 0 Å². The molecule has 1 aliphatic heterocycles. The summed E-state index contributed by atoms with van der Waals surface area (Å²) in [6, 6.07) is 0. The lowest BCUT2D eigenvalue weighted by Crippen LogP contribution is -2.46. The fourth-order valence-electron chi connectivity index (χ4n) is 3.97. The van der Waals surface area contributed by atoms with Gasteiger partial charge in [0.05, 0.1) is 26.2 Å². The third kappa shape index (κ3) is 13.8. The maximum Gasteiger partial charge on any atom is 0.0788 e. The molecule has 24 heavy (non-hydrogen) atoms. The van der Waals surface area contributed by atoms with E-state index in [-0.39, 0.29) is 0 Å². The molecule has 0 saturated carbocycles. The Kier molecular flexibility index (Phi) is 15.6. The second-order valence-electron chi connectivity index (χ2n) is 7.62. The van der Waals surface area contributed by atoms with Gasteiger partial charge >= 0.3 is 0 Å². The monoisotopic (exact) mass is 341 g/mol. The summed E-state index contributed by atoms with van der Waals surface area (Å²) < 4.78 is 1.47. The van der Waals surface area contributed by atoms with Crippen molar-refractivity contribution in [1.82, 2.24) is 0 Å². The summed E-state index contributed by atoms with van der Waals surface area (Å²) in [5.74, 6) is -1.08. The fourth-order valence-corrected chi connectivity index (χ4v) is 3.97. The Morgan fingerprint density at radius 2 is 1.17 bits per heavy atom. The Morgan fingerprint density at radius 3 is 1.58 bits per heavy atom. The largest absolute Gasteiger partial charge is 0.550 e. The first-order chi connectivity index (χ1) is 11.6. The van der Waals surface area contributed by atoms with E-state index in [0.717, 1.165) is 6.92 Å². The highest BCUT2D eigenvalue weighted by Gasteiger charge is 2.29. The zero-order valence-corrected chi connectivity index (χ0v) is 16.8. The lowest BCUT2D eigenvalue weighted by atomic mass is 10.1. The van der Waals surface area contributed by atoms with Crippen LogP contribution in [0.1, 0.15) is 104 Å². The minimum absolute atomic E-state index is 0.972. The summed E-state index contributed by atoms with van der Waals surface area (Å²) in [6.07, 6.45) is 19.0. The number of hydrogen-bond acceptors (Lipinski definition) is 2. The highest BCUT2D eigenvalue weighted by Crippen LogP contribution is 2.21. The summed E-state index contributed by atoms with van der Waals surface area (Å²) >= 11 is 0. The average Bonchev–Trinajstić information content (AvgIpc) is 2.98. The molecule has 0 atom stereocenters. The van der Waals surface area contributed by atoms with Crippen LogP contribution < -0.4 is 5.11 Å². The maximum atomic E-state index is 8.89. The molecule has 1 saturated heterocycles. The number of aliphatic carboxylic acids is 1. The average molecular weight is 342 g/mol. The standard InChI is InChI=1S/C19H40N.C2H4O2/c1-3-5-6-7-8-9-10-11-12-13-17-20(16-4-2)18-14-15-19-20;1-2(3)4/h3-19H2,1-2H3;1H3,(H,3,4)/q+1;/p-1. The molecule has 0 bridgehead atoms. The van der Waals surface area contributed by atoms with Crippen molar-refractivity contribution in [2.45, 2.75) is 104 Å². The minimum atomic E-state index is -1.08. The molecular weight excluding hydrogens is 298 g/mol. The Hall–Kier alpha value is -0.570. The first-order valence-electron chi connectivity index (χ1n) is 10.6. The van der Waals surface area contributed by atoms with Crippen LogP contribution in [0, 0.1) is 0 Å². The summed E-state index contributed by atoms with van der Waals surface area (Å²) in [4.78, 5) is 8.89. The number of carboxylic acid groups (broad SMARTS) is 1. The maximum absolute atomic E-state index is 8.89. The number of carboxylic acids is 1. The zero-order chi connectivity index (χ0) is 18.1. The van der Waals surface area contributed by atoms with Gasteiger partial charge in [0.1, 0.15) is 0 Å². The molecular formula is C21H43NO2. The molecule has 1 rings (SSSR count). The number of unbranched alkanes of at least 4 members (excludes halogenated alkanes) is 9. The smallest absolute Gasteiger partial charge is 0.0788 e. The van der Waals surface area contributed by atoms with Gasteiger partial charge in [-0.3, -0.25) is 0 Å². The molecule has 1 fully saturated rings. The van der Waals surface area contributed by atoms with E-state index in [1.54, 1.807) is 0 Å². The van der Waals surface area contributed by atoms with Crippen LogP contribution in [-0.4, -0.2) is 36.6 Å². The van der Waals surface area contributed by atoms with Crippen molar-refractivity contribution in [3.8, 4) is 0 Å². The normalized spacial score (nSPS) is 15.8. The third-order valence-electron chi connectivity index (χ3n) is 5.20. The Balaban J connectivity index is 0.00000118. The summed E-state index contributed by atoms with van der Waals surface area (Å²) in [7, 11) is 0. The molecule has 0 unspecified atom stereocenters. The van der Waals surface area contributed by atoms with Crippen LogP contribution >= 0.6 is 0 Å². The molecule has 0 spiro atoms. The highest BCUT2D eigenvalue weighted by molar-refractivity contribution is 5.60. The van der Waals surface area contributed by atoms with E-state index >= 15 is 0 Å². The van der Waals surface area contributed by atoms with E-state index in [9.17, 15) is 0 Å². The van der Waals surface area contributed by atoms with E-state index in [1.165, 1.54) is 114 Å². The van der Waals surface area contributed by atoms with Crippen molar-refractivity contribution < 1.29 is 14.4 Å². The number of carbonyl (C=O) groups is 1. The predicted molar refractivity (Wildman–Crippen MR) is 102 cm³/mol. The lowest BCUT2D eigenvalue weighted by molar-refractivity contribution is -0.917. The van der Waals surface area contributed by atoms with Gasteiger partial charge in [0, 0.05) is 18.8 Å². The first-order valence-corrected chi connectivity index (χ1v) is 10.6. The molecule has 3 heteroatoms. The molecule has 144 valence electrons. The van der Waals surface area contributed by atoms with E-state index < -0.39 is 5.97 Å². The van der Waals surface area contributed by atoms with Gasteiger partial charge in [-0.2, -0.15) is 0 Å². The SMILES string of the molecule is CC(=O)[O-].CCCCCCCCCCCC[N+]1(CCC)CCCC1. The Bertz CT molecular complexity index is 282. The van der Waals surface area contributed by atoms with Gasteiger partial charge in [-0.25, -0.2) is 0 Å². The summed E-state index contributed by atoms with van der Waals surface area (Å²) in [5, 5.41) is 8.89. The molecule has 0 aromatic rings. The van der Waals surface area contributed by atoms with Crippen molar-refractivity contribution in [2.75, 3.05) is 26.2 Å². The van der Waals surface area contributed by atoms with Gasteiger partial charge in [0.25, 0.3) is 0 Å². The quantitative estimate of drug-likeness (QED) is 0.360. The second-order valence-corrected chi connectivity index (χ2v) is 7.62. The molecule has 0 aliphatic carbocycles. The van der Waals surface area contributed by atoms with E-state index in [4.69, 9.17) is 9.90 Å². The molecule has 0 aromatic heterocycles. The van der Waals surface area contributed by atoms with Gasteiger partial charge in [-0.1, -0.05) is 65.2 Å². The first kappa shape index (κ1) is 23.4. The zero-order valence-electron chi connectivity index (χ0n) is 16.8. The third-order valence-corrected chi connectivity index (χ3v) is 5.20. The number of rotatable bonds is 13. The van der Waals surface area contributed by atoms with Crippen LogP contribution in [0.3, 0.4) is 0 Å². The molecule has 0 N–H and O–H groups in total. The topological polar surface area (TPSA) is 40.1 Å². The predicted octanol–water partition coefficient (Wildman–Crippen LogP) is 4.68. The van der Waals surface area contributed by atoms with Crippen LogP contribution in [0.25, 0.3) is 0 Å². The molecule has 1 aliphatic rings. The van der Waals surface area contributed by atoms with Crippen molar-refractivity contribution in [2.24, 2.45) is 0 Å². The number of quaternary nitrogens is 1. The summed E-state index contributed by atoms with van der Waals surface area (Å²) in [5.41, 5.74) is 0. The number of nitrogens with zero attached hydrogens (tertiary/aromatic N) is 1. The molecule has 0 amide bonds. The molecule has 0 aromatic carbocycles. The number of likely N-dealkylation sites (tertiary alicyclic amines) is 1. The van der Waals surface area contributed by atoms with E-state index in [2.05, 4.69) is 13.8 Å². The van der Waals surface area contributed by atoms with Gasteiger partial charge < -0.3 is 14.4 Å². The van der Waals surface area contributed by atoms with Crippen LogP contribution in [0.5, 0.6) is 0 Å². The van der Waals surface area contributed by atoms with Crippen molar-refractivity contribution in [3.05, 3.63) is 0 Å². The molecule has 1 heterocycles. The Morgan fingerprint density at radius 1 is 0.750 bits per heavy atom. The van der Waals surface area contributed by atoms with Crippen LogP contribution in [-0.2, 0) is 4.79 Å². The minimum Gasteiger partial charge on any atom is -0.550 e. The second kappa shape index (κ2) is 15.9. The number of hydrogen-bond donors (Lipinski definition) is 0. The molecule has 0 radical (unpaired) electrons. The number of carbonyl (C=O) groups excluding carboxylic acids is 1. The summed E-state index contributed by atoms with van der Waals surface area (Å²) in [6.45, 7) is 11.5. The fraction of sp³-hybridized carbons (Fsp3) is 0.952.